The summed E-state index contributed by atoms with van der Waals surface area (Å²) >= 11 is 12.1. The van der Waals surface area contributed by atoms with Gasteiger partial charge in [-0.3, -0.25) is 0 Å². The van der Waals surface area contributed by atoms with E-state index in [4.69, 9.17) is 38.6 Å². The number of rotatable bonds is 4. The Labute approximate surface area is 137 Å². The third-order valence-corrected chi connectivity index (χ3v) is 4.83. The smallest absolute Gasteiger partial charge is 0.261 e. The van der Waals surface area contributed by atoms with Crippen molar-refractivity contribution in [3.63, 3.8) is 0 Å². The fourth-order valence-electron chi connectivity index (χ4n) is 1.73. The van der Waals surface area contributed by atoms with E-state index in [0.717, 1.165) is 12.0 Å². The molecule has 0 spiro atoms. The van der Waals surface area contributed by atoms with Gasteiger partial charge in [-0.15, -0.1) is 0 Å². The van der Waals surface area contributed by atoms with Crippen molar-refractivity contribution in [3.8, 4) is 11.5 Å². The largest absolute Gasteiger partial charge is 0.456 e. The summed E-state index contributed by atoms with van der Waals surface area (Å²) in [4.78, 5) is -0.0770. The highest BCUT2D eigenvalue weighted by molar-refractivity contribution is 8.13. The second-order valence-electron chi connectivity index (χ2n) is 4.24. The van der Waals surface area contributed by atoms with Crippen LogP contribution in [-0.2, 0) is 15.5 Å². The molecule has 0 aliphatic rings. The van der Waals surface area contributed by atoms with Crippen LogP contribution >= 0.6 is 33.9 Å². The molecule has 2 aromatic rings. The molecule has 0 fully saturated rings. The SMILES string of the molecule is CCc1cc(Oc2ccc(S(=O)(=O)Cl)cc2Cl)ccc1Cl. The van der Waals surface area contributed by atoms with Gasteiger partial charge in [0.15, 0.2) is 0 Å². The minimum Gasteiger partial charge on any atom is -0.456 e. The maximum absolute atomic E-state index is 11.2. The van der Waals surface area contributed by atoms with Gasteiger partial charge in [-0.05, 0) is 48.4 Å². The molecular weight excluding hydrogens is 355 g/mol. The lowest BCUT2D eigenvalue weighted by Gasteiger charge is -2.10. The van der Waals surface area contributed by atoms with Gasteiger partial charge >= 0.3 is 0 Å². The van der Waals surface area contributed by atoms with Crippen LogP contribution in [0.25, 0.3) is 0 Å². The van der Waals surface area contributed by atoms with Gasteiger partial charge in [0.05, 0.1) is 9.92 Å². The first-order valence-corrected chi connectivity index (χ1v) is 9.08. The molecule has 0 saturated heterocycles. The first-order valence-electron chi connectivity index (χ1n) is 6.01. The van der Waals surface area contributed by atoms with Crippen molar-refractivity contribution in [1.82, 2.24) is 0 Å². The van der Waals surface area contributed by atoms with Crippen molar-refractivity contribution in [2.45, 2.75) is 18.2 Å². The van der Waals surface area contributed by atoms with Gasteiger partial charge in [0.25, 0.3) is 9.05 Å². The van der Waals surface area contributed by atoms with Gasteiger partial charge in [0.1, 0.15) is 11.5 Å². The second kappa shape index (κ2) is 6.44. The fourth-order valence-corrected chi connectivity index (χ4v) is 3.04. The van der Waals surface area contributed by atoms with Gasteiger partial charge < -0.3 is 4.74 Å². The highest BCUT2D eigenvalue weighted by Gasteiger charge is 2.13. The molecule has 0 aromatic heterocycles. The number of hydrogen-bond donors (Lipinski definition) is 0. The molecule has 2 aromatic carbocycles. The predicted molar refractivity (Wildman–Crippen MR) is 85.4 cm³/mol. The standard InChI is InChI=1S/C14H11Cl3O3S/c1-2-9-7-10(3-5-12(9)15)20-14-6-4-11(8-13(14)16)21(17,18)19/h3-8H,2H2,1H3. The highest BCUT2D eigenvalue weighted by atomic mass is 35.7. The molecule has 21 heavy (non-hydrogen) atoms. The van der Waals surface area contributed by atoms with Crippen molar-refractivity contribution < 1.29 is 13.2 Å². The summed E-state index contributed by atoms with van der Waals surface area (Å²) < 4.78 is 28.1. The van der Waals surface area contributed by atoms with Crippen LogP contribution in [-0.4, -0.2) is 8.42 Å². The number of benzene rings is 2. The minimum atomic E-state index is -3.82. The number of halogens is 3. The third kappa shape index (κ3) is 4.04. The maximum Gasteiger partial charge on any atom is 0.261 e. The lowest BCUT2D eigenvalue weighted by molar-refractivity contribution is 0.482. The van der Waals surface area contributed by atoms with E-state index < -0.39 is 9.05 Å². The molecule has 0 heterocycles. The van der Waals surface area contributed by atoms with Crippen LogP contribution in [0.15, 0.2) is 41.3 Å². The van der Waals surface area contributed by atoms with E-state index in [1.807, 2.05) is 13.0 Å². The molecule has 7 heteroatoms. The monoisotopic (exact) mass is 364 g/mol. The first-order chi connectivity index (χ1) is 9.81. The Hall–Kier alpha value is -0.940. The maximum atomic E-state index is 11.2. The molecule has 0 bridgehead atoms. The Morgan fingerprint density at radius 1 is 1.05 bits per heavy atom. The Morgan fingerprint density at radius 2 is 1.76 bits per heavy atom. The third-order valence-electron chi connectivity index (χ3n) is 2.81. The average molecular weight is 366 g/mol. The predicted octanol–water partition coefficient (Wildman–Crippen LogP) is 5.28. The van der Waals surface area contributed by atoms with Crippen molar-refractivity contribution in [2.24, 2.45) is 0 Å². The molecule has 0 radical (unpaired) electrons. The van der Waals surface area contributed by atoms with E-state index in [2.05, 4.69) is 0 Å². The van der Waals surface area contributed by atoms with Crippen molar-refractivity contribution in [1.29, 1.82) is 0 Å². The van der Waals surface area contributed by atoms with Crippen molar-refractivity contribution in [3.05, 3.63) is 52.0 Å². The zero-order valence-electron chi connectivity index (χ0n) is 10.9. The molecule has 2 rings (SSSR count). The van der Waals surface area contributed by atoms with Gasteiger partial charge in [-0.1, -0.05) is 30.1 Å². The summed E-state index contributed by atoms with van der Waals surface area (Å²) in [7, 11) is 1.44. The molecule has 0 amide bonds. The summed E-state index contributed by atoms with van der Waals surface area (Å²) in [6, 6.07) is 9.30. The van der Waals surface area contributed by atoms with Crippen molar-refractivity contribution >= 4 is 42.9 Å². The van der Waals surface area contributed by atoms with Gasteiger partial charge in [0.2, 0.25) is 0 Å². The van der Waals surface area contributed by atoms with E-state index in [-0.39, 0.29) is 9.92 Å². The Kier molecular flexibility index (Phi) is 5.04. The molecule has 0 aliphatic heterocycles. The summed E-state index contributed by atoms with van der Waals surface area (Å²) in [5.41, 5.74) is 0.949. The van der Waals surface area contributed by atoms with Crippen LogP contribution in [0.4, 0.5) is 0 Å². The van der Waals surface area contributed by atoms with Gasteiger partial charge in [-0.2, -0.15) is 0 Å². The molecule has 0 unspecified atom stereocenters. The average Bonchev–Trinajstić information content (AvgIpc) is 2.42. The second-order valence-corrected chi connectivity index (χ2v) is 7.62. The summed E-state index contributed by atoms with van der Waals surface area (Å²) in [5, 5.41) is 0.823. The number of aryl methyl sites for hydroxylation is 1. The molecule has 3 nitrogen and oxygen atoms in total. The zero-order chi connectivity index (χ0) is 15.6. The fraction of sp³-hybridized carbons (Fsp3) is 0.143. The molecule has 0 atom stereocenters. The van der Waals surface area contributed by atoms with E-state index in [0.29, 0.717) is 16.5 Å². The summed E-state index contributed by atoms with van der Waals surface area (Å²) in [6.07, 6.45) is 0.771. The van der Waals surface area contributed by atoms with Crippen LogP contribution in [0.3, 0.4) is 0 Å². The van der Waals surface area contributed by atoms with Gasteiger partial charge in [-0.25, -0.2) is 8.42 Å². The summed E-state index contributed by atoms with van der Waals surface area (Å²) in [5.74, 6) is 0.907. The van der Waals surface area contributed by atoms with E-state index in [1.165, 1.54) is 18.2 Å². The summed E-state index contributed by atoms with van der Waals surface area (Å²) in [6.45, 7) is 1.98. The molecule has 0 N–H and O–H groups in total. The Bertz CT molecular complexity index is 773. The number of hydrogen-bond acceptors (Lipinski definition) is 3. The first kappa shape index (κ1) is 16.4. The minimum absolute atomic E-state index is 0.0770. The molecule has 0 aliphatic carbocycles. The number of ether oxygens (including phenoxy) is 1. The molecule has 0 saturated carbocycles. The van der Waals surface area contributed by atoms with Crippen LogP contribution in [0, 0.1) is 0 Å². The lowest BCUT2D eigenvalue weighted by Crippen LogP contribution is -1.92. The van der Waals surface area contributed by atoms with Gasteiger partial charge in [0, 0.05) is 15.7 Å². The van der Waals surface area contributed by atoms with E-state index in [1.54, 1.807) is 12.1 Å². The highest BCUT2D eigenvalue weighted by Crippen LogP contribution is 2.33. The topological polar surface area (TPSA) is 43.4 Å². The van der Waals surface area contributed by atoms with Crippen LogP contribution < -0.4 is 4.74 Å². The molecular formula is C14H11Cl3O3S. The van der Waals surface area contributed by atoms with Crippen molar-refractivity contribution in [2.75, 3.05) is 0 Å². The Morgan fingerprint density at radius 3 is 2.33 bits per heavy atom. The molecule has 112 valence electrons. The zero-order valence-corrected chi connectivity index (χ0v) is 14.0. The van der Waals surface area contributed by atoms with E-state index >= 15 is 0 Å². The lowest BCUT2D eigenvalue weighted by atomic mass is 10.1. The quantitative estimate of drug-likeness (QED) is 0.693. The van der Waals surface area contributed by atoms with Crippen LogP contribution in [0.5, 0.6) is 11.5 Å². The van der Waals surface area contributed by atoms with Crippen LogP contribution in [0.2, 0.25) is 10.0 Å². The van der Waals surface area contributed by atoms with E-state index in [9.17, 15) is 8.42 Å². The van der Waals surface area contributed by atoms with Crippen LogP contribution in [0.1, 0.15) is 12.5 Å². The normalized spacial score (nSPS) is 11.4. The Balaban J connectivity index is 2.32.